The summed E-state index contributed by atoms with van der Waals surface area (Å²) in [5.41, 5.74) is 1.11. The Morgan fingerprint density at radius 3 is 3.00 bits per heavy atom. The summed E-state index contributed by atoms with van der Waals surface area (Å²) < 4.78 is 4.00. The number of nitrogens with one attached hydrogen (secondary N) is 1. The summed E-state index contributed by atoms with van der Waals surface area (Å²) in [6.07, 6.45) is 7.79. The maximum atomic E-state index is 4.00. The number of hydrogen-bond donors (Lipinski definition) is 1. The molecule has 0 radical (unpaired) electrons. The van der Waals surface area contributed by atoms with Crippen molar-refractivity contribution >= 4 is 23.7 Å². The van der Waals surface area contributed by atoms with Gasteiger partial charge in [0.1, 0.15) is 0 Å². The molecule has 0 unspecified atom stereocenters. The molecule has 2 aromatic rings. The number of rotatable bonds is 2. The highest BCUT2D eigenvalue weighted by Gasteiger charge is 1.87. The van der Waals surface area contributed by atoms with Crippen LogP contribution >= 0.6 is 11.5 Å². The molecule has 0 aliphatic rings. The molecular weight excluding hydrogens is 168 g/mol. The number of H-pyrrole nitrogens is 1. The van der Waals surface area contributed by atoms with E-state index in [2.05, 4.69) is 9.36 Å². The molecule has 0 saturated carbocycles. The summed E-state index contributed by atoms with van der Waals surface area (Å²) in [5.74, 6) is 0. The molecule has 0 amide bonds. The summed E-state index contributed by atoms with van der Waals surface area (Å²) in [7, 11) is 0. The van der Waals surface area contributed by atoms with Crippen LogP contribution in [0, 0.1) is 0 Å². The van der Waals surface area contributed by atoms with Gasteiger partial charge >= 0.3 is 0 Å². The summed E-state index contributed by atoms with van der Waals surface area (Å²) in [5, 5.41) is 0. The summed E-state index contributed by atoms with van der Waals surface area (Å²) in [4.78, 5) is 4.27. The van der Waals surface area contributed by atoms with Crippen LogP contribution in [0.25, 0.3) is 12.2 Å². The zero-order valence-corrected chi connectivity index (χ0v) is 7.21. The molecule has 0 aromatic carbocycles. The minimum absolute atomic E-state index is 1.11. The SMILES string of the molecule is C(=Cc1ccns1)c1ccc[nH]1. The first kappa shape index (κ1) is 7.31. The number of hydrogen-bond acceptors (Lipinski definition) is 2. The Kier molecular flexibility index (Phi) is 2.05. The Morgan fingerprint density at radius 2 is 2.33 bits per heavy atom. The second-order valence-corrected chi connectivity index (χ2v) is 3.24. The van der Waals surface area contributed by atoms with Gasteiger partial charge in [-0.2, -0.15) is 0 Å². The molecule has 0 fully saturated rings. The van der Waals surface area contributed by atoms with Crippen LogP contribution in [-0.2, 0) is 0 Å². The van der Waals surface area contributed by atoms with Crippen molar-refractivity contribution in [1.29, 1.82) is 0 Å². The predicted octanol–water partition coefficient (Wildman–Crippen LogP) is 2.64. The molecule has 2 heterocycles. The lowest BCUT2D eigenvalue weighted by molar-refractivity contribution is 1.38. The van der Waals surface area contributed by atoms with Gasteiger partial charge in [-0.15, -0.1) is 0 Å². The van der Waals surface area contributed by atoms with E-state index in [-0.39, 0.29) is 0 Å². The van der Waals surface area contributed by atoms with Crippen LogP contribution in [0.3, 0.4) is 0 Å². The third-order valence-electron chi connectivity index (χ3n) is 1.51. The lowest BCUT2D eigenvalue weighted by Gasteiger charge is -1.82. The van der Waals surface area contributed by atoms with Gasteiger partial charge in [0.05, 0.1) is 0 Å². The average Bonchev–Trinajstić information content (AvgIpc) is 2.74. The van der Waals surface area contributed by atoms with Gasteiger partial charge in [0.2, 0.25) is 0 Å². The van der Waals surface area contributed by atoms with Crippen LogP contribution in [0.5, 0.6) is 0 Å². The van der Waals surface area contributed by atoms with E-state index < -0.39 is 0 Å². The van der Waals surface area contributed by atoms with E-state index in [1.807, 2.05) is 36.5 Å². The molecule has 1 N–H and O–H groups in total. The predicted molar refractivity (Wildman–Crippen MR) is 51.8 cm³/mol. The first-order chi connectivity index (χ1) is 5.95. The highest BCUT2D eigenvalue weighted by molar-refractivity contribution is 7.06. The topological polar surface area (TPSA) is 28.7 Å². The minimum atomic E-state index is 1.11. The molecule has 0 bridgehead atoms. The minimum Gasteiger partial charge on any atom is -0.362 e. The van der Waals surface area contributed by atoms with Crippen LogP contribution in [0.15, 0.2) is 30.6 Å². The lowest BCUT2D eigenvalue weighted by atomic mass is 10.3. The van der Waals surface area contributed by atoms with E-state index in [0.29, 0.717) is 0 Å². The van der Waals surface area contributed by atoms with Crippen LogP contribution in [-0.4, -0.2) is 9.36 Å². The van der Waals surface area contributed by atoms with Crippen molar-refractivity contribution < 1.29 is 0 Å². The fourth-order valence-electron chi connectivity index (χ4n) is 0.931. The Morgan fingerprint density at radius 1 is 1.33 bits per heavy atom. The van der Waals surface area contributed by atoms with Crippen molar-refractivity contribution in [2.45, 2.75) is 0 Å². The third-order valence-corrected chi connectivity index (χ3v) is 2.22. The van der Waals surface area contributed by atoms with Crippen molar-refractivity contribution in [2.75, 3.05) is 0 Å². The Hall–Kier alpha value is -1.35. The van der Waals surface area contributed by atoms with Gasteiger partial charge in [0.15, 0.2) is 0 Å². The van der Waals surface area contributed by atoms with E-state index in [1.165, 1.54) is 16.4 Å². The van der Waals surface area contributed by atoms with Gasteiger partial charge < -0.3 is 4.98 Å². The Balaban J connectivity index is 2.14. The molecule has 0 atom stereocenters. The van der Waals surface area contributed by atoms with Gasteiger partial charge in [-0.3, -0.25) is 0 Å². The van der Waals surface area contributed by atoms with E-state index in [4.69, 9.17) is 0 Å². The first-order valence-electron chi connectivity index (χ1n) is 3.67. The second-order valence-electron chi connectivity index (χ2n) is 2.37. The summed E-state index contributed by atoms with van der Waals surface area (Å²) in [6, 6.07) is 5.99. The number of aromatic amines is 1. The number of nitrogens with zero attached hydrogens (tertiary/aromatic N) is 1. The van der Waals surface area contributed by atoms with E-state index in [9.17, 15) is 0 Å². The number of aromatic nitrogens is 2. The normalized spacial score (nSPS) is 11.0. The van der Waals surface area contributed by atoms with Crippen LogP contribution in [0.2, 0.25) is 0 Å². The molecule has 2 aromatic heterocycles. The zero-order chi connectivity index (χ0) is 8.23. The zero-order valence-electron chi connectivity index (χ0n) is 6.40. The molecule has 0 aliphatic carbocycles. The lowest BCUT2D eigenvalue weighted by Crippen LogP contribution is -1.65. The highest BCUT2D eigenvalue weighted by atomic mass is 32.1. The van der Waals surface area contributed by atoms with Crippen molar-refractivity contribution in [2.24, 2.45) is 0 Å². The molecule has 0 aliphatic heterocycles. The average molecular weight is 176 g/mol. The first-order valence-corrected chi connectivity index (χ1v) is 4.45. The molecule has 2 nitrogen and oxygen atoms in total. The molecule has 12 heavy (non-hydrogen) atoms. The van der Waals surface area contributed by atoms with E-state index in [1.54, 1.807) is 6.20 Å². The molecule has 0 saturated heterocycles. The Labute approximate surface area is 74.7 Å². The quantitative estimate of drug-likeness (QED) is 0.748. The van der Waals surface area contributed by atoms with Crippen molar-refractivity contribution in [3.05, 3.63) is 41.2 Å². The van der Waals surface area contributed by atoms with E-state index in [0.717, 1.165) is 5.69 Å². The second kappa shape index (κ2) is 3.36. The molecule has 0 spiro atoms. The monoisotopic (exact) mass is 176 g/mol. The largest absolute Gasteiger partial charge is 0.362 e. The van der Waals surface area contributed by atoms with Gasteiger partial charge in [0, 0.05) is 23.0 Å². The Bertz CT molecular complexity index is 310. The highest BCUT2D eigenvalue weighted by Crippen LogP contribution is 2.09. The van der Waals surface area contributed by atoms with Crippen molar-refractivity contribution in [3.8, 4) is 0 Å². The van der Waals surface area contributed by atoms with Gasteiger partial charge in [-0.1, -0.05) is 0 Å². The maximum Gasteiger partial charge on any atom is 0.0478 e. The van der Waals surface area contributed by atoms with Crippen molar-refractivity contribution in [1.82, 2.24) is 9.36 Å². The summed E-state index contributed by atoms with van der Waals surface area (Å²) in [6.45, 7) is 0. The molecular formula is C9H8N2S. The van der Waals surface area contributed by atoms with Crippen molar-refractivity contribution in [3.63, 3.8) is 0 Å². The van der Waals surface area contributed by atoms with Crippen LogP contribution in [0.1, 0.15) is 10.6 Å². The van der Waals surface area contributed by atoms with Gasteiger partial charge in [0.25, 0.3) is 0 Å². The fraction of sp³-hybridized carbons (Fsp3) is 0. The van der Waals surface area contributed by atoms with Gasteiger partial charge in [-0.25, -0.2) is 4.37 Å². The van der Waals surface area contributed by atoms with Crippen LogP contribution in [0.4, 0.5) is 0 Å². The maximum absolute atomic E-state index is 4.00. The molecule has 2 rings (SSSR count). The van der Waals surface area contributed by atoms with E-state index >= 15 is 0 Å². The molecule has 60 valence electrons. The summed E-state index contributed by atoms with van der Waals surface area (Å²) >= 11 is 1.49. The third kappa shape index (κ3) is 1.62. The fourth-order valence-corrected chi connectivity index (χ4v) is 1.43. The van der Waals surface area contributed by atoms with Crippen LogP contribution < -0.4 is 0 Å². The molecule has 3 heteroatoms. The standard InChI is InChI=1S/C9H8N2S/c1-2-8(10-6-1)3-4-9-5-7-11-12-9/h1-7,10H. The van der Waals surface area contributed by atoms with Gasteiger partial charge in [-0.05, 0) is 41.9 Å². The smallest absolute Gasteiger partial charge is 0.0478 e.